The van der Waals surface area contributed by atoms with E-state index in [9.17, 15) is 9.18 Å². The first-order valence-electron chi connectivity index (χ1n) is 4.21. The Morgan fingerprint density at radius 1 is 1.33 bits per heavy atom. The van der Waals surface area contributed by atoms with E-state index in [4.69, 9.17) is 5.11 Å². The van der Waals surface area contributed by atoms with Crippen LogP contribution in [0.25, 0.3) is 5.69 Å². The maximum Gasteiger partial charge on any atom is 0.275 e. The van der Waals surface area contributed by atoms with Crippen molar-refractivity contribution in [3.05, 3.63) is 52.7 Å². The fourth-order valence-corrected chi connectivity index (χ4v) is 1.20. The van der Waals surface area contributed by atoms with Crippen LogP contribution in [0.3, 0.4) is 0 Å². The van der Waals surface area contributed by atoms with Gasteiger partial charge in [0.1, 0.15) is 11.6 Å². The summed E-state index contributed by atoms with van der Waals surface area (Å²) in [4.78, 5) is 11.4. The highest BCUT2D eigenvalue weighted by Crippen LogP contribution is 2.07. The number of rotatable bonds is 1. The first kappa shape index (κ1) is 9.39. The number of nitrogens with zero attached hydrogens (tertiary/aromatic N) is 2. The summed E-state index contributed by atoms with van der Waals surface area (Å²) in [5.74, 6) is -0.665. The lowest BCUT2D eigenvalue weighted by Gasteiger charge is -2.03. The summed E-state index contributed by atoms with van der Waals surface area (Å²) in [7, 11) is 0. The quantitative estimate of drug-likeness (QED) is 0.759. The van der Waals surface area contributed by atoms with Gasteiger partial charge in [0, 0.05) is 6.07 Å². The van der Waals surface area contributed by atoms with Gasteiger partial charge in [-0.25, -0.2) is 4.39 Å². The molecule has 1 N–H and O–H groups in total. The van der Waals surface area contributed by atoms with Crippen molar-refractivity contribution in [2.24, 2.45) is 0 Å². The van der Waals surface area contributed by atoms with Crippen molar-refractivity contribution in [3.8, 4) is 11.4 Å². The third-order valence-electron chi connectivity index (χ3n) is 1.84. The summed E-state index contributed by atoms with van der Waals surface area (Å²) >= 11 is 0. The maximum absolute atomic E-state index is 12.9. The lowest BCUT2D eigenvalue weighted by molar-refractivity contribution is 0.467. The van der Waals surface area contributed by atoms with Gasteiger partial charge >= 0.3 is 0 Å². The summed E-state index contributed by atoms with van der Waals surface area (Å²) in [6.45, 7) is 0. The largest absolute Gasteiger partial charge is 0.506 e. The van der Waals surface area contributed by atoms with Crippen molar-refractivity contribution in [2.75, 3.05) is 0 Å². The molecule has 0 aliphatic rings. The fraction of sp³-hybridized carbons (Fsp3) is 0. The SMILES string of the molecule is O=c1cc(O)cnn1-c1cccc(F)c1. The number of aromatic hydroxyl groups is 1. The normalized spacial score (nSPS) is 10.2. The van der Waals surface area contributed by atoms with Crippen molar-refractivity contribution in [2.45, 2.75) is 0 Å². The predicted molar refractivity (Wildman–Crippen MR) is 51.5 cm³/mol. The summed E-state index contributed by atoms with van der Waals surface area (Å²) in [5, 5.41) is 12.7. The lowest BCUT2D eigenvalue weighted by atomic mass is 10.3. The van der Waals surface area contributed by atoms with Crippen molar-refractivity contribution in [3.63, 3.8) is 0 Å². The number of benzene rings is 1. The van der Waals surface area contributed by atoms with E-state index in [0.29, 0.717) is 5.69 Å². The Morgan fingerprint density at radius 3 is 2.80 bits per heavy atom. The predicted octanol–water partition coefficient (Wildman–Crippen LogP) is 1.08. The molecule has 2 aromatic rings. The molecule has 4 nitrogen and oxygen atoms in total. The van der Waals surface area contributed by atoms with Gasteiger partial charge in [-0.3, -0.25) is 4.79 Å². The molecule has 1 heterocycles. The van der Waals surface area contributed by atoms with Crippen molar-refractivity contribution < 1.29 is 9.50 Å². The van der Waals surface area contributed by atoms with Gasteiger partial charge in [-0.1, -0.05) is 6.07 Å². The molecular formula is C10H7FN2O2. The van der Waals surface area contributed by atoms with E-state index in [0.717, 1.165) is 16.9 Å². The molecule has 0 bridgehead atoms. The van der Waals surface area contributed by atoms with Crippen LogP contribution in [-0.2, 0) is 0 Å². The van der Waals surface area contributed by atoms with E-state index >= 15 is 0 Å². The van der Waals surface area contributed by atoms with Crippen LogP contribution in [0.1, 0.15) is 0 Å². The van der Waals surface area contributed by atoms with E-state index in [1.165, 1.54) is 18.2 Å². The van der Waals surface area contributed by atoms with Crippen LogP contribution in [-0.4, -0.2) is 14.9 Å². The number of hydrogen-bond donors (Lipinski definition) is 1. The molecule has 0 atom stereocenters. The highest BCUT2D eigenvalue weighted by Gasteiger charge is 2.02. The van der Waals surface area contributed by atoms with E-state index in [1.807, 2.05) is 0 Å². The first-order valence-corrected chi connectivity index (χ1v) is 4.21. The molecule has 0 spiro atoms. The Balaban J connectivity index is 2.59. The second kappa shape index (κ2) is 3.53. The topological polar surface area (TPSA) is 55.1 Å². The zero-order valence-electron chi connectivity index (χ0n) is 7.59. The summed E-state index contributed by atoms with van der Waals surface area (Å²) in [5.41, 5.74) is -0.194. The summed E-state index contributed by atoms with van der Waals surface area (Å²) in [6, 6.07) is 6.50. The second-order valence-electron chi connectivity index (χ2n) is 2.94. The fourth-order valence-electron chi connectivity index (χ4n) is 1.20. The van der Waals surface area contributed by atoms with Crippen LogP contribution >= 0.6 is 0 Å². The molecule has 0 amide bonds. The Hall–Kier alpha value is -2.17. The van der Waals surface area contributed by atoms with Crippen molar-refractivity contribution in [1.82, 2.24) is 9.78 Å². The zero-order valence-corrected chi connectivity index (χ0v) is 7.59. The van der Waals surface area contributed by atoms with Gasteiger partial charge < -0.3 is 5.11 Å². The lowest BCUT2D eigenvalue weighted by Crippen LogP contribution is -2.19. The molecule has 0 unspecified atom stereocenters. The minimum atomic E-state index is -0.513. The monoisotopic (exact) mass is 206 g/mol. The Morgan fingerprint density at radius 2 is 2.13 bits per heavy atom. The van der Waals surface area contributed by atoms with Crippen LogP contribution in [0, 0.1) is 5.82 Å². The smallest absolute Gasteiger partial charge is 0.275 e. The molecule has 0 saturated carbocycles. The minimum absolute atomic E-state index is 0.215. The molecule has 15 heavy (non-hydrogen) atoms. The van der Waals surface area contributed by atoms with Crippen LogP contribution in [0.4, 0.5) is 4.39 Å². The molecule has 0 aliphatic carbocycles. The zero-order chi connectivity index (χ0) is 10.8. The van der Waals surface area contributed by atoms with Crippen LogP contribution in [0.2, 0.25) is 0 Å². The summed E-state index contributed by atoms with van der Waals surface area (Å²) in [6.07, 6.45) is 1.12. The van der Waals surface area contributed by atoms with E-state index < -0.39 is 11.4 Å². The molecule has 2 rings (SSSR count). The molecule has 0 radical (unpaired) electrons. The van der Waals surface area contributed by atoms with E-state index in [2.05, 4.69) is 5.10 Å². The van der Waals surface area contributed by atoms with Crippen molar-refractivity contribution in [1.29, 1.82) is 0 Å². The first-order chi connectivity index (χ1) is 7.16. The van der Waals surface area contributed by atoms with Gasteiger partial charge in [0.15, 0.2) is 0 Å². The Kier molecular flexibility index (Phi) is 2.21. The highest BCUT2D eigenvalue weighted by atomic mass is 19.1. The summed E-state index contributed by atoms with van der Waals surface area (Å²) < 4.78 is 13.9. The van der Waals surface area contributed by atoms with E-state index in [-0.39, 0.29) is 5.75 Å². The third kappa shape index (κ3) is 1.85. The molecular weight excluding hydrogens is 199 g/mol. The molecule has 0 fully saturated rings. The van der Waals surface area contributed by atoms with Crippen LogP contribution in [0.5, 0.6) is 5.75 Å². The van der Waals surface area contributed by atoms with E-state index in [1.54, 1.807) is 6.07 Å². The van der Waals surface area contributed by atoms with Gasteiger partial charge in [0.2, 0.25) is 0 Å². The number of hydrogen-bond acceptors (Lipinski definition) is 3. The second-order valence-corrected chi connectivity index (χ2v) is 2.94. The standard InChI is InChI=1S/C10H7FN2O2/c11-7-2-1-3-8(4-7)13-10(15)5-9(14)6-12-13/h1-6,14H. The van der Waals surface area contributed by atoms with Gasteiger partial charge in [-0.05, 0) is 18.2 Å². The average molecular weight is 206 g/mol. The Labute approximate surface area is 84.2 Å². The highest BCUT2D eigenvalue weighted by molar-refractivity contribution is 5.31. The molecule has 1 aromatic carbocycles. The van der Waals surface area contributed by atoms with Gasteiger partial charge in [0.05, 0.1) is 11.9 Å². The van der Waals surface area contributed by atoms with Gasteiger partial charge in [-0.2, -0.15) is 9.78 Å². The van der Waals surface area contributed by atoms with Crippen LogP contribution in [0.15, 0.2) is 41.3 Å². The molecule has 0 saturated heterocycles. The third-order valence-corrected chi connectivity index (χ3v) is 1.84. The number of halogens is 1. The minimum Gasteiger partial charge on any atom is -0.506 e. The van der Waals surface area contributed by atoms with Crippen molar-refractivity contribution >= 4 is 0 Å². The van der Waals surface area contributed by atoms with Gasteiger partial charge in [-0.15, -0.1) is 0 Å². The molecule has 0 aliphatic heterocycles. The number of aromatic nitrogens is 2. The van der Waals surface area contributed by atoms with Gasteiger partial charge in [0.25, 0.3) is 5.56 Å². The molecule has 1 aromatic heterocycles. The Bertz CT molecular complexity index is 551. The van der Waals surface area contributed by atoms with Crippen LogP contribution < -0.4 is 5.56 Å². The molecule has 76 valence electrons. The maximum atomic E-state index is 12.9. The molecule has 5 heteroatoms. The average Bonchev–Trinajstić information content (AvgIpc) is 2.17.